The molecule has 0 spiro atoms. The van der Waals surface area contributed by atoms with E-state index in [1.807, 2.05) is 62.4 Å². The van der Waals surface area contributed by atoms with Crippen LogP contribution in [0.15, 0.2) is 53.6 Å². The molecule has 0 atom stereocenters. The first-order valence-electron chi connectivity index (χ1n) is 8.79. The van der Waals surface area contributed by atoms with Gasteiger partial charge in [0.2, 0.25) is 5.91 Å². The van der Waals surface area contributed by atoms with Gasteiger partial charge in [-0.05, 0) is 30.7 Å². The first-order chi connectivity index (χ1) is 13.4. The summed E-state index contributed by atoms with van der Waals surface area (Å²) < 4.78 is 0.951. The van der Waals surface area contributed by atoms with E-state index in [4.69, 9.17) is 11.6 Å². The van der Waals surface area contributed by atoms with Crippen molar-refractivity contribution >= 4 is 56.2 Å². The van der Waals surface area contributed by atoms with E-state index in [0.717, 1.165) is 15.6 Å². The number of hydrogen-bond acceptors (Lipinski definition) is 4. The zero-order valence-corrected chi connectivity index (χ0v) is 17.3. The Hall–Kier alpha value is -2.70. The number of carbonyl (C=O) groups excluding carboxylic acids is 2. The first kappa shape index (κ1) is 20.0. The summed E-state index contributed by atoms with van der Waals surface area (Å²) in [5.74, 6) is -0.516. The highest BCUT2D eigenvalue weighted by Gasteiger charge is 2.16. The molecule has 2 amide bonds. The predicted molar refractivity (Wildman–Crippen MR) is 116 cm³/mol. The highest BCUT2D eigenvalue weighted by Crippen LogP contribution is 2.34. The average Bonchev–Trinajstić information content (AvgIpc) is 3.03. The van der Waals surface area contributed by atoms with Gasteiger partial charge in [0, 0.05) is 21.7 Å². The standard InChI is InChI=1S/C21H20ClN3O2S/c1-12(2)20(26)23-15-8-6-7-14(11-15)13(3)24-25-21(27)19-18(22)16-9-4-5-10-17(16)28-19/h4-12H,1-3H3,(H,23,26)(H,25,27)/b24-13+. The number of anilines is 1. The first-order valence-corrected chi connectivity index (χ1v) is 9.99. The molecule has 5 nitrogen and oxygen atoms in total. The van der Waals surface area contributed by atoms with Crippen molar-refractivity contribution in [3.05, 3.63) is 64.0 Å². The van der Waals surface area contributed by atoms with Crippen LogP contribution in [0.3, 0.4) is 0 Å². The number of benzene rings is 2. The Balaban J connectivity index is 1.75. The van der Waals surface area contributed by atoms with Crippen LogP contribution >= 0.6 is 22.9 Å². The maximum absolute atomic E-state index is 12.5. The van der Waals surface area contributed by atoms with E-state index in [0.29, 0.717) is 21.3 Å². The van der Waals surface area contributed by atoms with Gasteiger partial charge >= 0.3 is 0 Å². The molecule has 0 radical (unpaired) electrons. The highest BCUT2D eigenvalue weighted by atomic mass is 35.5. The Bertz CT molecular complexity index is 1070. The second-order valence-corrected chi connectivity index (χ2v) is 8.03. The summed E-state index contributed by atoms with van der Waals surface area (Å²) in [6.45, 7) is 5.46. The van der Waals surface area contributed by atoms with Crippen LogP contribution in [-0.4, -0.2) is 17.5 Å². The molecule has 3 rings (SSSR count). The van der Waals surface area contributed by atoms with Gasteiger partial charge in [0.15, 0.2) is 0 Å². The average molecular weight is 414 g/mol. The Labute approximate surface area is 172 Å². The molecule has 144 valence electrons. The normalized spacial score (nSPS) is 11.7. The number of amides is 2. The molecule has 1 aromatic heterocycles. The minimum atomic E-state index is -0.352. The molecular formula is C21H20ClN3O2S. The molecule has 0 bridgehead atoms. The van der Waals surface area contributed by atoms with E-state index in [2.05, 4.69) is 15.8 Å². The van der Waals surface area contributed by atoms with Crippen molar-refractivity contribution < 1.29 is 9.59 Å². The zero-order valence-electron chi connectivity index (χ0n) is 15.7. The fourth-order valence-corrected chi connectivity index (χ4v) is 3.93. The number of carbonyl (C=O) groups is 2. The quantitative estimate of drug-likeness (QED) is 0.440. The molecular weight excluding hydrogens is 394 g/mol. The van der Waals surface area contributed by atoms with Crippen molar-refractivity contribution in [1.29, 1.82) is 0 Å². The Kier molecular flexibility index (Phi) is 6.11. The van der Waals surface area contributed by atoms with Gasteiger partial charge in [0.1, 0.15) is 4.88 Å². The summed E-state index contributed by atoms with van der Waals surface area (Å²) in [4.78, 5) is 24.8. The number of nitrogens with one attached hydrogen (secondary N) is 2. The van der Waals surface area contributed by atoms with Gasteiger partial charge < -0.3 is 5.32 Å². The van der Waals surface area contributed by atoms with Crippen molar-refractivity contribution in [3.63, 3.8) is 0 Å². The lowest BCUT2D eigenvalue weighted by Crippen LogP contribution is -2.19. The van der Waals surface area contributed by atoms with Gasteiger partial charge in [-0.1, -0.05) is 55.8 Å². The van der Waals surface area contributed by atoms with E-state index in [9.17, 15) is 9.59 Å². The highest BCUT2D eigenvalue weighted by molar-refractivity contribution is 7.21. The molecule has 7 heteroatoms. The lowest BCUT2D eigenvalue weighted by atomic mass is 10.1. The molecule has 28 heavy (non-hydrogen) atoms. The van der Waals surface area contributed by atoms with Gasteiger partial charge in [0.05, 0.1) is 10.7 Å². The lowest BCUT2D eigenvalue weighted by Gasteiger charge is -2.09. The fraction of sp³-hybridized carbons (Fsp3) is 0.190. The summed E-state index contributed by atoms with van der Waals surface area (Å²) in [7, 11) is 0. The molecule has 3 aromatic rings. The van der Waals surface area contributed by atoms with Gasteiger partial charge in [-0.25, -0.2) is 5.43 Å². The van der Waals surface area contributed by atoms with Crippen molar-refractivity contribution in [1.82, 2.24) is 5.43 Å². The molecule has 1 heterocycles. The number of thiophene rings is 1. The summed E-state index contributed by atoms with van der Waals surface area (Å²) in [6, 6.07) is 14.9. The number of hydrazone groups is 1. The van der Waals surface area contributed by atoms with E-state index in [1.54, 1.807) is 6.92 Å². The molecule has 0 aliphatic heterocycles. The second-order valence-electron chi connectivity index (χ2n) is 6.60. The third kappa shape index (κ3) is 4.40. The van der Waals surface area contributed by atoms with Crippen LogP contribution < -0.4 is 10.7 Å². The molecule has 0 saturated heterocycles. The Morgan fingerprint density at radius 3 is 2.57 bits per heavy atom. The van der Waals surface area contributed by atoms with Crippen LogP contribution in [0.5, 0.6) is 0 Å². The number of nitrogens with zero attached hydrogens (tertiary/aromatic N) is 1. The second kappa shape index (κ2) is 8.54. The summed E-state index contributed by atoms with van der Waals surface area (Å²) in [5, 5.41) is 8.33. The number of halogens is 1. The van der Waals surface area contributed by atoms with Crippen LogP contribution in [0.25, 0.3) is 10.1 Å². The van der Waals surface area contributed by atoms with E-state index in [-0.39, 0.29) is 17.7 Å². The fourth-order valence-electron chi connectivity index (χ4n) is 2.52. The smallest absolute Gasteiger partial charge is 0.283 e. The number of rotatable bonds is 5. The molecule has 0 aliphatic rings. The number of hydrogen-bond donors (Lipinski definition) is 2. The van der Waals surface area contributed by atoms with Crippen LogP contribution in [-0.2, 0) is 4.79 Å². The molecule has 0 aliphatic carbocycles. The Morgan fingerprint density at radius 2 is 1.86 bits per heavy atom. The largest absolute Gasteiger partial charge is 0.326 e. The van der Waals surface area contributed by atoms with Gasteiger partial charge in [0.25, 0.3) is 5.91 Å². The Morgan fingerprint density at radius 1 is 1.11 bits per heavy atom. The minimum Gasteiger partial charge on any atom is -0.326 e. The molecule has 2 aromatic carbocycles. The van der Waals surface area contributed by atoms with E-state index >= 15 is 0 Å². The van der Waals surface area contributed by atoms with Crippen molar-refractivity contribution in [3.8, 4) is 0 Å². The molecule has 0 unspecified atom stereocenters. The van der Waals surface area contributed by atoms with Crippen molar-refractivity contribution in [2.45, 2.75) is 20.8 Å². The zero-order chi connectivity index (χ0) is 20.3. The summed E-state index contributed by atoms with van der Waals surface area (Å²) in [6.07, 6.45) is 0. The van der Waals surface area contributed by atoms with Gasteiger partial charge in [-0.3, -0.25) is 9.59 Å². The van der Waals surface area contributed by atoms with E-state index < -0.39 is 0 Å². The monoisotopic (exact) mass is 413 g/mol. The van der Waals surface area contributed by atoms with Crippen LogP contribution in [0.1, 0.15) is 36.0 Å². The molecule has 2 N–H and O–H groups in total. The summed E-state index contributed by atoms with van der Waals surface area (Å²) in [5.41, 5.74) is 4.66. The topological polar surface area (TPSA) is 70.6 Å². The maximum atomic E-state index is 12.5. The molecule has 0 fully saturated rings. The van der Waals surface area contributed by atoms with Crippen molar-refractivity contribution in [2.24, 2.45) is 11.0 Å². The number of fused-ring (bicyclic) bond motifs is 1. The maximum Gasteiger partial charge on any atom is 0.283 e. The van der Waals surface area contributed by atoms with Crippen LogP contribution in [0.4, 0.5) is 5.69 Å². The lowest BCUT2D eigenvalue weighted by molar-refractivity contribution is -0.118. The minimum absolute atomic E-state index is 0.0561. The van der Waals surface area contributed by atoms with Gasteiger partial charge in [-0.15, -0.1) is 11.3 Å². The van der Waals surface area contributed by atoms with E-state index in [1.165, 1.54) is 11.3 Å². The third-order valence-corrected chi connectivity index (χ3v) is 5.81. The van der Waals surface area contributed by atoms with Crippen LogP contribution in [0.2, 0.25) is 5.02 Å². The summed E-state index contributed by atoms with van der Waals surface area (Å²) >= 11 is 7.67. The molecule has 0 saturated carbocycles. The predicted octanol–water partition coefficient (Wildman–Crippen LogP) is 5.30. The van der Waals surface area contributed by atoms with Crippen LogP contribution in [0, 0.1) is 5.92 Å². The SMILES string of the molecule is C/C(=N\NC(=O)c1sc2ccccc2c1Cl)c1cccc(NC(=O)C(C)C)c1. The van der Waals surface area contributed by atoms with Gasteiger partial charge in [-0.2, -0.15) is 5.10 Å². The van der Waals surface area contributed by atoms with Crippen molar-refractivity contribution in [2.75, 3.05) is 5.32 Å². The third-order valence-electron chi connectivity index (χ3n) is 4.14.